The van der Waals surface area contributed by atoms with E-state index in [9.17, 15) is 4.79 Å². The Morgan fingerprint density at radius 3 is 3.09 bits per heavy atom. The monoisotopic (exact) mass is 332 g/mol. The van der Waals surface area contributed by atoms with E-state index in [4.69, 9.17) is 16.6 Å². The topological polar surface area (TPSA) is 61.0 Å². The summed E-state index contributed by atoms with van der Waals surface area (Å²) in [5.41, 5.74) is 1.92. The molecule has 1 aromatic heterocycles. The van der Waals surface area contributed by atoms with Crippen molar-refractivity contribution >= 4 is 28.5 Å². The van der Waals surface area contributed by atoms with E-state index in [2.05, 4.69) is 15.2 Å². The number of carbonyl (C=O) groups excluding carboxylic acids is 1. The third-order valence-corrected chi connectivity index (χ3v) is 4.95. The molecule has 1 aliphatic heterocycles. The van der Waals surface area contributed by atoms with Crippen molar-refractivity contribution in [1.82, 2.24) is 20.2 Å². The van der Waals surface area contributed by atoms with Crippen LogP contribution >= 0.6 is 11.6 Å². The van der Waals surface area contributed by atoms with Gasteiger partial charge in [-0.25, -0.2) is 4.98 Å². The van der Waals surface area contributed by atoms with Crippen molar-refractivity contribution in [3.8, 4) is 0 Å². The molecule has 1 amide bonds. The number of aromatic amines is 1. The fraction of sp³-hybridized carbons (Fsp3) is 0.529. The molecular weight excluding hydrogens is 312 g/mol. The van der Waals surface area contributed by atoms with Gasteiger partial charge in [-0.05, 0) is 50.4 Å². The highest BCUT2D eigenvalue weighted by Crippen LogP contribution is 2.31. The lowest BCUT2D eigenvalue weighted by atomic mass is 10.2. The third-order valence-electron chi connectivity index (χ3n) is 4.71. The molecule has 1 aliphatic carbocycles. The van der Waals surface area contributed by atoms with Crippen molar-refractivity contribution in [2.45, 2.75) is 44.2 Å². The van der Waals surface area contributed by atoms with Gasteiger partial charge >= 0.3 is 0 Å². The molecular formula is C17H21ClN4O. The van der Waals surface area contributed by atoms with Gasteiger partial charge in [0.05, 0.1) is 17.1 Å². The van der Waals surface area contributed by atoms with Gasteiger partial charge in [0.2, 0.25) is 5.91 Å². The lowest BCUT2D eigenvalue weighted by molar-refractivity contribution is -0.121. The van der Waals surface area contributed by atoms with Crippen LogP contribution in [-0.4, -0.2) is 39.9 Å². The molecule has 1 atom stereocenters. The Morgan fingerprint density at radius 2 is 2.26 bits per heavy atom. The number of rotatable bonds is 5. The molecule has 23 heavy (non-hydrogen) atoms. The van der Waals surface area contributed by atoms with Gasteiger partial charge in [-0.1, -0.05) is 11.6 Å². The maximum absolute atomic E-state index is 11.9. The van der Waals surface area contributed by atoms with Crippen molar-refractivity contribution < 1.29 is 4.79 Å². The van der Waals surface area contributed by atoms with Crippen LogP contribution in [0.4, 0.5) is 0 Å². The number of imidazole rings is 1. The summed E-state index contributed by atoms with van der Waals surface area (Å²) >= 11 is 6.04. The summed E-state index contributed by atoms with van der Waals surface area (Å²) < 4.78 is 0. The van der Waals surface area contributed by atoms with Gasteiger partial charge in [-0.15, -0.1) is 0 Å². The summed E-state index contributed by atoms with van der Waals surface area (Å²) in [5, 5.41) is 3.77. The first-order valence-electron chi connectivity index (χ1n) is 8.37. The second-order valence-electron chi connectivity index (χ2n) is 6.57. The van der Waals surface area contributed by atoms with E-state index in [1.54, 1.807) is 0 Å². The molecule has 5 nitrogen and oxygen atoms in total. The number of benzene rings is 1. The molecule has 0 radical (unpaired) electrons. The van der Waals surface area contributed by atoms with Crippen LogP contribution in [0.5, 0.6) is 0 Å². The molecule has 2 heterocycles. The Morgan fingerprint density at radius 1 is 1.39 bits per heavy atom. The first-order chi connectivity index (χ1) is 11.2. The first-order valence-corrected chi connectivity index (χ1v) is 8.75. The lowest BCUT2D eigenvalue weighted by Gasteiger charge is -2.22. The highest BCUT2D eigenvalue weighted by atomic mass is 35.5. The molecule has 6 heteroatoms. The molecule has 2 N–H and O–H groups in total. The number of halogens is 1. The number of aromatic nitrogens is 2. The molecule has 2 aliphatic rings. The van der Waals surface area contributed by atoms with Crippen molar-refractivity contribution in [3.63, 3.8) is 0 Å². The number of nitrogens with one attached hydrogen (secondary N) is 2. The molecule has 0 spiro atoms. The highest BCUT2D eigenvalue weighted by Gasteiger charge is 2.29. The van der Waals surface area contributed by atoms with Crippen LogP contribution in [0.25, 0.3) is 11.0 Å². The molecule has 122 valence electrons. The van der Waals surface area contributed by atoms with Crippen LogP contribution in [0, 0.1) is 0 Å². The second kappa shape index (κ2) is 6.13. The van der Waals surface area contributed by atoms with Crippen molar-refractivity contribution in [1.29, 1.82) is 0 Å². The maximum Gasteiger partial charge on any atom is 0.221 e. The predicted octanol–water partition coefficient (Wildman–Crippen LogP) is 3.02. The largest absolute Gasteiger partial charge is 0.353 e. The van der Waals surface area contributed by atoms with E-state index < -0.39 is 0 Å². The van der Waals surface area contributed by atoms with Gasteiger partial charge in [0, 0.05) is 24.0 Å². The van der Waals surface area contributed by atoms with Crippen molar-refractivity contribution in [2.24, 2.45) is 0 Å². The summed E-state index contributed by atoms with van der Waals surface area (Å²) in [5.74, 6) is 1.16. The van der Waals surface area contributed by atoms with Gasteiger partial charge in [0.1, 0.15) is 5.82 Å². The zero-order valence-electron chi connectivity index (χ0n) is 13.0. The van der Waals surface area contributed by atoms with E-state index in [0.29, 0.717) is 17.5 Å². The Bertz CT molecular complexity index is 724. The number of hydrogen-bond acceptors (Lipinski definition) is 3. The Hall–Kier alpha value is -1.59. The fourth-order valence-electron chi connectivity index (χ4n) is 3.34. The van der Waals surface area contributed by atoms with Crippen LogP contribution in [0.3, 0.4) is 0 Å². The van der Waals surface area contributed by atoms with Gasteiger partial charge in [0.25, 0.3) is 0 Å². The maximum atomic E-state index is 11.9. The molecule has 4 rings (SSSR count). The molecule has 2 fully saturated rings. The zero-order chi connectivity index (χ0) is 15.8. The third kappa shape index (κ3) is 3.35. The van der Waals surface area contributed by atoms with Crippen molar-refractivity contribution in [3.05, 3.63) is 29.0 Å². The number of carbonyl (C=O) groups is 1. The number of nitrogens with zero attached hydrogens (tertiary/aromatic N) is 2. The highest BCUT2D eigenvalue weighted by molar-refractivity contribution is 6.31. The summed E-state index contributed by atoms with van der Waals surface area (Å²) in [7, 11) is 0. The van der Waals surface area contributed by atoms with Gasteiger partial charge in [0.15, 0.2) is 0 Å². The average Bonchev–Trinajstić information content (AvgIpc) is 3.07. The zero-order valence-corrected chi connectivity index (χ0v) is 13.8. The predicted molar refractivity (Wildman–Crippen MR) is 90.4 cm³/mol. The van der Waals surface area contributed by atoms with E-state index in [1.807, 2.05) is 18.2 Å². The van der Waals surface area contributed by atoms with Crippen LogP contribution < -0.4 is 5.32 Å². The number of hydrogen-bond donors (Lipinski definition) is 2. The normalized spacial score (nSPS) is 21.9. The minimum absolute atomic E-state index is 0.175. The van der Waals surface area contributed by atoms with E-state index in [1.165, 1.54) is 0 Å². The quantitative estimate of drug-likeness (QED) is 0.884. The molecule has 1 aromatic carbocycles. The van der Waals surface area contributed by atoms with Crippen LogP contribution in [-0.2, 0) is 4.79 Å². The molecule has 2 aromatic rings. The Balaban J connectivity index is 1.44. The summed E-state index contributed by atoms with van der Waals surface area (Å²) in [6.07, 6.45) is 5.07. The smallest absolute Gasteiger partial charge is 0.221 e. The molecule has 0 unspecified atom stereocenters. The van der Waals surface area contributed by atoms with E-state index >= 15 is 0 Å². The van der Waals surface area contributed by atoms with Crippen LogP contribution in [0.15, 0.2) is 18.2 Å². The fourth-order valence-corrected chi connectivity index (χ4v) is 3.51. The van der Waals surface area contributed by atoms with Gasteiger partial charge < -0.3 is 10.3 Å². The first kappa shape index (κ1) is 15.0. The molecule has 0 bridgehead atoms. The second-order valence-corrected chi connectivity index (χ2v) is 7.01. The molecule has 1 saturated heterocycles. The number of H-pyrrole nitrogens is 1. The SMILES string of the molecule is O=C(CCN1CCC[C@H]1c1nc2ccc(Cl)cc2[nH]1)NC1CC1. The minimum atomic E-state index is 0.175. The molecule has 1 saturated carbocycles. The summed E-state index contributed by atoms with van der Waals surface area (Å²) in [4.78, 5) is 22.4. The van der Waals surface area contributed by atoms with Gasteiger partial charge in [-0.2, -0.15) is 0 Å². The van der Waals surface area contributed by atoms with Crippen LogP contribution in [0.2, 0.25) is 5.02 Å². The van der Waals surface area contributed by atoms with Gasteiger partial charge in [-0.3, -0.25) is 9.69 Å². The average molecular weight is 333 g/mol. The van der Waals surface area contributed by atoms with Crippen LogP contribution in [0.1, 0.15) is 44.0 Å². The number of fused-ring (bicyclic) bond motifs is 1. The number of amides is 1. The minimum Gasteiger partial charge on any atom is -0.353 e. The Kier molecular flexibility index (Phi) is 3.99. The number of likely N-dealkylation sites (tertiary alicyclic amines) is 1. The summed E-state index contributed by atoms with van der Waals surface area (Å²) in [6.45, 7) is 1.82. The van der Waals surface area contributed by atoms with Crippen molar-refractivity contribution in [2.75, 3.05) is 13.1 Å². The lowest BCUT2D eigenvalue weighted by Crippen LogP contribution is -2.32. The van der Waals surface area contributed by atoms with E-state index in [-0.39, 0.29) is 11.9 Å². The Labute approximate surface area is 140 Å². The summed E-state index contributed by atoms with van der Waals surface area (Å²) in [6, 6.07) is 6.44. The standard InChI is InChI=1S/C17H21ClN4O/c18-11-3-6-13-14(10-11)21-17(20-13)15-2-1-8-22(15)9-7-16(23)19-12-4-5-12/h3,6,10,12,15H,1-2,4-5,7-9H2,(H,19,23)(H,20,21)/t15-/m0/s1. The van der Waals surface area contributed by atoms with E-state index in [0.717, 1.165) is 55.6 Å².